The van der Waals surface area contributed by atoms with E-state index in [2.05, 4.69) is 15.4 Å². The van der Waals surface area contributed by atoms with E-state index in [-0.39, 0.29) is 6.04 Å². The largest absolute Gasteiger partial charge is 0.466 e. The molecule has 2 N–H and O–H groups in total. The van der Waals surface area contributed by atoms with Gasteiger partial charge in [-0.2, -0.15) is 0 Å². The molecule has 0 aromatic heterocycles. The number of carbonyl (C=O) groups is 3. The minimum absolute atomic E-state index is 0.313. The van der Waals surface area contributed by atoms with Gasteiger partial charge in [-0.3, -0.25) is 10.1 Å². The summed E-state index contributed by atoms with van der Waals surface area (Å²) in [5.74, 6) is -0.889. The van der Waals surface area contributed by atoms with Gasteiger partial charge in [0, 0.05) is 11.6 Å². The van der Waals surface area contributed by atoms with Crippen LogP contribution in [-0.2, 0) is 16.0 Å². The predicted octanol–water partition coefficient (Wildman–Crippen LogP) is 4.69. The molecule has 3 aromatic carbocycles. The first-order chi connectivity index (χ1) is 16.0. The van der Waals surface area contributed by atoms with Crippen molar-refractivity contribution in [3.05, 3.63) is 113 Å². The van der Waals surface area contributed by atoms with Crippen LogP contribution in [0.15, 0.2) is 91.0 Å². The van der Waals surface area contributed by atoms with Crippen LogP contribution in [0.5, 0.6) is 0 Å². The number of hydrogen-bond donors (Lipinski definition) is 2. The fourth-order valence-electron chi connectivity index (χ4n) is 3.31. The van der Waals surface area contributed by atoms with Crippen LogP contribution in [0.4, 0.5) is 4.79 Å². The molecular formula is C27H26N2O4. The summed E-state index contributed by atoms with van der Waals surface area (Å²) in [4.78, 5) is 36.2. The number of urea groups is 1. The number of esters is 1. The Bertz CT molecular complexity index is 1090. The zero-order valence-electron chi connectivity index (χ0n) is 18.4. The molecule has 3 rings (SSSR count). The number of hydrogen-bond acceptors (Lipinski definition) is 4. The maximum Gasteiger partial charge on any atom is 0.330 e. The lowest BCUT2D eigenvalue weighted by atomic mass is 9.98. The normalized spacial score (nSPS) is 11.5. The van der Waals surface area contributed by atoms with Crippen molar-refractivity contribution in [3.63, 3.8) is 0 Å². The van der Waals surface area contributed by atoms with Crippen LogP contribution in [0, 0.1) is 0 Å². The third-order valence-electron chi connectivity index (χ3n) is 5.08. The number of amides is 3. The van der Waals surface area contributed by atoms with Crippen LogP contribution in [-0.4, -0.2) is 25.0 Å². The highest BCUT2D eigenvalue weighted by molar-refractivity contribution is 6.04. The van der Waals surface area contributed by atoms with E-state index >= 15 is 0 Å². The van der Waals surface area contributed by atoms with Gasteiger partial charge in [-0.15, -0.1) is 0 Å². The number of aryl methyl sites for hydroxylation is 1. The van der Waals surface area contributed by atoms with E-state index in [0.717, 1.165) is 23.1 Å². The number of methoxy groups -OCH3 is 1. The third-order valence-corrected chi connectivity index (χ3v) is 5.08. The molecular weight excluding hydrogens is 416 g/mol. The highest BCUT2D eigenvalue weighted by Gasteiger charge is 2.17. The Kier molecular flexibility index (Phi) is 8.54. The second kappa shape index (κ2) is 12.0. The molecule has 0 radical (unpaired) electrons. The Balaban J connectivity index is 1.71. The standard InChI is InChI=1S/C27H26N2O4/c1-33-25(30)19-15-21-12-16-22(17-13-21)24(18-14-20-8-4-2-5-9-20)28-27(32)29-26(31)23-10-6-3-7-11-23/h2-13,15-17,19,24H,14,18H2,1H3,(H2,28,29,31,32). The minimum Gasteiger partial charge on any atom is -0.466 e. The van der Waals surface area contributed by atoms with Gasteiger partial charge in [-0.1, -0.05) is 72.8 Å². The van der Waals surface area contributed by atoms with Gasteiger partial charge in [0.15, 0.2) is 0 Å². The quantitative estimate of drug-likeness (QED) is 0.392. The van der Waals surface area contributed by atoms with Crippen LogP contribution < -0.4 is 10.6 Å². The van der Waals surface area contributed by atoms with E-state index in [4.69, 9.17) is 0 Å². The molecule has 1 unspecified atom stereocenters. The fraction of sp³-hybridized carbons (Fsp3) is 0.148. The number of rotatable bonds is 8. The summed E-state index contributed by atoms with van der Waals surface area (Å²) < 4.78 is 4.61. The first kappa shape index (κ1) is 23.5. The van der Waals surface area contributed by atoms with Gasteiger partial charge in [0.1, 0.15) is 0 Å². The number of nitrogens with one attached hydrogen (secondary N) is 2. The van der Waals surface area contributed by atoms with Gasteiger partial charge in [0.25, 0.3) is 5.91 Å². The van der Waals surface area contributed by atoms with E-state index in [1.54, 1.807) is 36.4 Å². The Morgan fingerprint density at radius 3 is 2.15 bits per heavy atom. The van der Waals surface area contributed by atoms with Crippen LogP contribution in [0.2, 0.25) is 0 Å². The first-order valence-corrected chi connectivity index (χ1v) is 10.6. The molecule has 0 aliphatic heterocycles. The van der Waals surface area contributed by atoms with Gasteiger partial charge in [0.2, 0.25) is 0 Å². The number of carbonyl (C=O) groups excluding carboxylic acids is 3. The molecule has 0 fully saturated rings. The SMILES string of the molecule is COC(=O)C=Cc1ccc(C(CCc2ccccc2)NC(=O)NC(=O)c2ccccc2)cc1. The smallest absolute Gasteiger partial charge is 0.330 e. The summed E-state index contributed by atoms with van der Waals surface area (Å²) in [6.07, 6.45) is 4.41. The molecule has 0 spiro atoms. The molecule has 1 atom stereocenters. The molecule has 168 valence electrons. The summed E-state index contributed by atoms with van der Waals surface area (Å²) >= 11 is 0. The summed E-state index contributed by atoms with van der Waals surface area (Å²) in [5.41, 5.74) is 3.29. The molecule has 0 aliphatic rings. The molecule has 3 amide bonds. The molecule has 6 nitrogen and oxygen atoms in total. The lowest BCUT2D eigenvalue weighted by molar-refractivity contribution is -0.134. The Morgan fingerprint density at radius 2 is 1.52 bits per heavy atom. The topological polar surface area (TPSA) is 84.5 Å². The Hall–Kier alpha value is -4.19. The monoisotopic (exact) mass is 442 g/mol. The van der Waals surface area contributed by atoms with Gasteiger partial charge < -0.3 is 10.1 Å². The average Bonchev–Trinajstić information content (AvgIpc) is 2.86. The maximum atomic E-state index is 12.6. The molecule has 33 heavy (non-hydrogen) atoms. The molecule has 6 heteroatoms. The number of benzene rings is 3. The van der Waals surface area contributed by atoms with E-state index in [9.17, 15) is 14.4 Å². The van der Waals surface area contributed by atoms with Gasteiger partial charge >= 0.3 is 12.0 Å². The summed E-state index contributed by atoms with van der Waals surface area (Å²) in [6.45, 7) is 0. The highest BCUT2D eigenvalue weighted by Crippen LogP contribution is 2.21. The van der Waals surface area contributed by atoms with Crippen LogP contribution >= 0.6 is 0 Å². The van der Waals surface area contributed by atoms with Crippen LogP contribution in [0.25, 0.3) is 6.08 Å². The van der Waals surface area contributed by atoms with Crippen molar-refractivity contribution in [2.45, 2.75) is 18.9 Å². The fourth-order valence-corrected chi connectivity index (χ4v) is 3.31. The van der Waals surface area contributed by atoms with E-state index < -0.39 is 17.9 Å². The van der Waals surface area contributed by atoms with Gasteiger partial charge in [-0.25, -0.2) is 9.59 Å². The van der Waals surface area contributed by atoms with E-state index in [0.29, 0.717) is 12.0 Å². The van der Waals surface area contributed by atoms with Crippen molar-refractivity contribution < 1.29 is 19.1 Å². The highest BCUT2D eigenvalue weighted by atomic mass is 16.5. The Labute approximate surface area is 193 Å². The van der Waals surface area contributed by atoms with Gasteiger partial charge in [0.05, 0.1) is 13.2 Å². The van der Waals surface area contributed by atoms with Crippen molar-refractivity contribution in [1.82, 2.24) is 10.6 Å². The summed E-state index contributed by atoms with van der Waals surface area (Å²) in [6, 6.07) is 25.2. The van der Waals surface area contributed by atoms with Crippen molar-refractivity contribution in [2.24, 2.45) is 0 Å². The first-order valence-electron chi connectivity index (χ1n) is 10.6. The molecule has 0 saturated heterocycles. The molecule has 0 bridgehead atoms. The van der Waals surface area contributed by atoms with Crippen LogP contribution in [0.1, 0.15) is 39.5 Å². The second-order valence-corrected chi connectivity index (χ2v) is 7.39. The second-order valence-electron chi connectivity index (χ2n) is 7.39. The molecule has 3 aromatic rings. The zero-order valence-corrected chi connectivity index (χ0v) is 18.4. The van der Waals surface area contributed by atoms with E-state index in [1.807, 2.05) is 54.6 Å². The van der Waals surface area contributed by atoms with Gasteiger partial charge in [-0.05, 0) is 47.7 Å². The molecule has 0 saturated carbocycles. The van der Waals surface area contributed by atoms with Crippen molar-refractivity contribution >= 4 is 24.0 Å². The minimum atomic E-state index is -0.559. The van der Waals surface area contributed by atoms with Crippen molar-refractivity contribution in [2.75, 3.05) is 7.11 Å². The Morgan fingerprint density at radius 1 is 0.879 bits per heavy atom. The third kappa shape index (κ3) is 7.47. The molecule has 0 aliphatic carbocycles. The predicted molar refractivity (Wildman–Crippen MR) is 127 cm³/mol. The lowest BCUT2D eigenvalue weighted by Crippen LogP contribution is -2.41. The summed E-state index contributed by atoms with van der Waals surface area (Å²) in [5, 5.41) is 5.31. The number of imide groups is 1. The lowest BCUT2D eigenvalue weighted by Gasteiger charge is -2.20. The maximum absolute atomic E-state index is 12.6. The van der Waals surface area contributed by atoms with Crippen LogP contribution in [0.3, 0.4) is 0 Å². The van der Waals surface area contributed by atoms with Crippen molar-refractivity contribution in [1.29, 1.82) is 0 Å². The summed E-state index contributed by atoms with van der Waals surface area (Å²) in [7, 11) is 1.33. The zero-order chi connectivity index (χ0) is 23.5. The van der Waals surface area contributed by atoms with Crippen molar-refractivity contribution in [3.8, 4) is 0 Å². The van der Waals surface area contributed by atoms with E-state index in [1.165, 1.54) is 13.2 Å². The average molecular weight is 443 g/mol. The molecule has 0 heterocycles. The number of ether oxygens (including phenoxy) is 1.